The molecule has 0 aromatic rings. The Balaban J connectivity index is 2.97. The molecule has 0 aliphatic carbocycles. The van der Waals surface area contributed by atoms with E-state index in [1.54, 1.807) is 0 Å². The summed E-state index contributed by atoms with van der Waals surface area (Å²) >= 11 is 0.764. The maximum absolute atomic E-state index is 11.7. The molecule has 1 atom stereocenters. The minimum absolute atomic E-state index is 0.118. The topological polar surface area (TPSA) is 37.4 Å². The molecule has 1 rings (SSSR count). The Kier molecular flexibility index (Phi) is 4.13. The molecular weight excluding hydrogens is 427 g/mol. The van der Waals surface area contributed by atoms with Gasteiger partial charge in [0.1, 0.15) is 0 Å². The van der Waals surface area contributed by atoms with Crippen LogP contribution in [-0.4, -0.2) is 26.2 Å². The molecule has 1 aliphatic heterocycles. The van der Waals surface area contributed by atoms with Crippen molar-refractivity contribution in [2.75, 3.05) is 0 Å². The fourth-order valence-corrected chi connectivity index (χ4v) is 3.47. The molecule has 1 unspecified atom stereocenters. The van der Waals surface area contributed by atoms with Crippen LogP contribution in [0.15, 0.2) is 12.2 Å². The van der Waals surface area contributed by atoms with E-state index in [1.165, 1.54) is 17.1 Å². The van der Waals surface area contributed by atoms with Gasteiger partial charge in [0.15, 0.2) is 0 Å². The molecule has 0 aromatic heterocycles. The number of nitrogens with zero attached hydrogens (tertiary/aromatic N) is 1. The van der Waals surface area contributed by atoms with Crippen molar-refractivity contribution in [1.82, 2.24) is 4.90 Å². The molecular formula is C11H17BNO2U. The molecule has 2 amide bonds. The van der Waals surface area contributed by atoms with Gasteiger partial charge in [-0.3, -0.25) is 0 Å². The number of carbonyl (C=O) groups is 2. The van der Waals surface area contributed by atoms with Gasteiger partial charge in [-0.05, 0) is 0 Å². The Morgan fingerprint density at radius 2 is 1.62 bits per heavy atom. The third kappa shape index (κ3) is 3.02. The van der Waals surface area contributed by atoms with Crippen LogP contribution in [0.25, 0.3) is 0 Å². The second kappa shape index (κ2) is 4.70. The van der Waals surface area contributed by atoms with Crippen molar-refractivity contribution in [3.63, 3.8) is 0 Å². The zero-order valence-electron chi connectivity index (χ0n) is 10.3. The summed E-state index contributed by atoms with van der Waals surface area (Å²) < 4.78 is 0.950. The zero-order valence-corrected chi connectivity index (χ0v) is 14.5. The summed E-state index contributed by atoms with van der Waals surface area (Å²) in [6.45, 7) is 8.46. The number of rotatable bonds is 3. The van der Waals surface area contributed by atoms with E-state index in [0.29, 0.717) is 0 Å². The first-order valence-corrected chi connectivity index (χ1v) is 8.35. The molecule has 0 aromatic carbocycles. The molecule has 85 valence electrons. The van der Waals surface area contributed by atoms with Gasteiger partial charge in [0.2, 0.25) is 0 Å². The van der Waals surface area contributed by atoms with Gasteiger partial charge in [-0.1, -0.05) is 0 Å². The molecule has 0 saturated heterocycles. The van der Waals surface area contributed by atoms with Crippen molar-refractivity contribution in [3.8, 4) is 0 Å². The van der Waals surface area contributed by atoms with Crippen molar-refractivity contribution in [3.05, 3.63) is 12.2 Å². The van der Waals surface area contributed by atoms with Gasteiger partial charge in [0.25, 0.3) is 0 Å². The molecule has 0 N–H and O–H groups in total. The normalized spacial score (nSPS) is 20.2. The predicted molar refractivity (Wildman–Crippen MR) is 60.6 cm³/mol. The number of hydrogen-bond acceptors (Lipinski definition) is 2. The molecule has 16 heavy (non-hydrogen) atoms. The van der Waals surface area contributed by atoms with Gasteiger partial charge >= 0.3 is 117 Å². The predicted octanol–water partition coefficient (Wildman–Crippen LogP) is 0.965. The van der Waals surface area contributed by atoms with Gasteiger partial charge in [-0.2, -0.15) is 0 Å². The summed E-state index contributed by atoms with van der Waals surface area (Å²) in [7, 11) is 0. The van der Waals surface area contributed by atoms with Gasteiger partial charge in [-0.15, -0.1) is 0 Å². The van der Waals surface area contributed by atoms with E-state index in [4.69, 9.17) is 0 Å². The molecule has 0 bridgehead atoms. The van der Waals surface area contributed by atoms with Gasteiger partial charge < -0.3 is 0 Å². The van der Waals surface area contributed by atoms with Gasteiger partial charge in [0.05, 0.1) is 0 Å². The van der Waals surface area contributed by atoms with Crippen LogP contribution in [0.5, 0.6) is 0 Å². The third-order valence-corrected chi connectivity index (χ3v) is 5.81. The van der Waals surface area contributed by atoms with Crippen molar-refractivity contribution in [2.45, 2.75) is 39.6 Å². The van der Waals surface area contributed by atoms with E-state index >= 15 is 0 Å². The SMILES string of the molecule is CC(C)(C)CC(C)([BH][U])N1C(=O)C=CC1=O. The summed E-state index contributed by atoms with van der Waals surface area (Å²) in [6, 6.07) is 0. The van der Waals surface area contributed by atoms with Crippen LogP contribution in [0, 0.1) is 34.6 Å². The summed E-state index contributed by atoms with van der Waals surface area (Å²) in [4.78, 5) is 24.9. The van der Waals surface area contributed by atoms with E-state index in [1.807, 2.05) is 6.92 Å². The van der Waals surface area contributed by atoms with Crippen LogP contribution in [0.1, 0.15) is 34.1 Å². The Labute approximate surface area is 116 Å². The van der Waals surface area contributed by atoms with Crippen molar-refractivity contribution >= 4 is 15.9 Å². The van der Waals surface area contributed by atoms with Gasteiger partial charge in [0, 0.05) is 0 Å². The molecule has 1 heterocycles. The van der Waals surface area contributed by atoms with Crippen molar-refractivity contribution in [2.24, 2.45) is 5.41 Å². The van der Waals surface area contributed by atoms with Gasteiger partial charge in [-0.25, -0.2) is 0 Å². The number of imide groups is 1. The third-order valence-electron chi connectivity index (χ3n) is 2.64. The fourth-order valence-electron chi connectivity index (χ4n) is 2.30. The quantitative estimate of drug-likeness (QED) is 0.481. The van der Waals surface area contributed by atoms with E-state index in [2.05, 4.69) is 20.8 Å². The Hall–Kier alpha value is -0.00312. The van der Waals surface area contributed by atoms with Crippen LogP contribution in [0.3, 0.4) is 0 Å². The van der Waals surface area contributed by atoms with E-state index in [0.717, 1.165) is 39.7 Å². The number of hydrogen-bond donors (Lipinski definition) is 0. The van der Waals surface area contributed by atoms with Crippen LogP contribution >= 0.6 is 0 Å². The summed E-state index contributed by atoms with van der Waals surface area (Å²) in [6.07, 6.45) is 3.61. The van der Waals surface area contributed by atoms with E-state index in [-0.39, 0.29) is 22.7 Å². The average Bonchev–Trinajstić information content (AvgIpc) is 2.43. The maximum atomic E-state index is 11.7. The van der Waals surface area contributed by atoms with E-state index in [9.17, 15) is 9.59 Å². The molecule has 0 radical (unpaired) electrons. The summed E-state index contributed by atoms with van der Waals surface area (Å²) in [5.74, 6) is -0.310. The average molecular weight is 444 g/mol. The van der Waals surface area contributed by atoms with Crippen molar-refractivity contribution < 1.29 is 38.8 Å². The first-order chi connectivity index (χ1) is 7.19. The van der Waals surface area contributed by atoms with Crippen molar-refractivity contribution in [1.29, 1.82) is 0 Å². The van der Waals surface area contributed by atoms with Crippen LogP contribution in [-0.2, 0) is 9.59 Å². The molecule has 0 fully saturated rings. The summed E-state index contributed by atoms with van der Waals surface area (Å²) in [5, 5.41) is 0. The second-order valence-corrected chi connectivity index (χ2v) is 7.23. The minimum atomic E-state index is -0.304. The molecule has 0 spiro atoms. The number of amides is 2. The standard InChI is InChI=1S/C11H17BNO2.U/c1-10(2,3)7-11(4,12)13-8(14)5-6-9(13)15;/h5-6,12H,7H2,1-4H3;/q+1;-1. The Bertz CT molecular complexity index is 330. The molecule has 5 heteroatoms. The molecule has 3 nitrogen and oxygen atoms in total. The molecule has 1 aliphatic rings. The first kappa shape index (κ1) is 14.1. The summed E-state index contributed by atoms with van der Waals surface area (Å²) in [5.41, 5.74) is -0.186. The second-order valence-electron chi connectivity index (χ2n) is 5.76. The van der Waals surface area contributed by atoms with Crippen LogP contribution in [0.4, 0.5) is 0 Å². The Morgan fingerprint density at radius 3 is 1.94 bits per heavy atom. The number of carbonyl (C=O) groups excluding carboxylic acids is 2. The monoisotopic (exact) mass is 444 g/mol. The zero-order chi connectivity index (χ0) is 12.6. The van der Waals surface area contributed by atoms with E-state index < -0.39 is 0 Å². The molecule has 0 saturated carbocycles. The van der Waals surface area contributed by atoms with Crippen LogP contribution in [0.2, 0.25) is 0 Å². The first-order valence-electron chi connectivity index (χ1n) is 5.40. The Morgan fingerprint density at radius 1 is 1.19 bits per heavy atom. The fraction of sp³-hybridized carbons (Fsp3) is 0.636. The van der Waals surface area contributed by atoms with Crippen LogP contribution < -0.4 is 0 Å².